The number of ether oxygens (including phenoxy) is 1. The number of hydrogen-bond donors (Lipinski definition) is 2. The zero-order chi connectivity index (χ0) is 34.7. The number of carbonyl (C=O) groups is 2. The summed E-state index contributed by atoms with van der Waals surface area (Å²) in [5.41, 5.74) is 8.03. The van der Waals surface area contributed by atoms with Crippen LogP contribution in [0.4, 0.5) is 21.6 Å². The molecule has 2 aromatic carbocycles. The van der Waals surface area contributed by atoms with Crippen molar-refractivity contribution < 1.29 is 18.7 Å². The zero-order valence-corrected chi connectivity index (χ0v) is 28.9. The molecule has 2 saturated heterocycles. The van der Waals surface area contributed by atoms with Crippen LogP contribution in [0.2, 0.25) is 0 Å². The molecule has 0 atom stereocenters. The number of carbonyl (C=O) groups excluding carboxylic acids is 2. The van der Waals surface area contributed by atoms with Crippen LogP contribution in [0.1, 0.15) is 44.7 Å². The fraction of sp³-hybridized carbons (Fsp3) is 0.250. The molecule has 3 aliphatic rings. The SMILES string of the molecule is Cc1cnc(N2CC3(CCOCC3)C2)c(C(=O)Nc2ccc(C(=O)N3CCc4cc(-c5c[nH]c6cccnc56)sc4-c4ccc(F)cc43)cc2)c1. The Kier molecular flexibility index (Phi) is 7.70. The molecule has 0 radical (unpaired) electrons. The second-order valence-electron chi connectivity index (χ2n) is 13.8. The van der Waals surface area contributed by atoms with Gasteiger partial charge in [0, 0.05) is 89.0 Å². The fourth-order valence-electron chi connectivity index (χ4n) is 7.67. The highest BCUT2D eigenvalue weighted by molar-refractivity contribution is 7.19. The van der Waals surface area contributed by atoms with Crippen molar-refractivity contribution in [3.05, 3.63) is 113 Å². The van der Waals surface area contributed by atoms with Gasteiger partial charge in [0.2, 0.25) is 0 Å². The summed E-state index contributed by atoms with van der Waals surface area (Å²) in [6, 6.07) is 19.5. The molecule has 0 saturated carbocycles. The Hall–Kier alpha value is -5.39. The Morgan fingerprint density at radius 2 is 1.82 bits per heavy atom. The van der Waals surface area contributed by atoms with E-state index in [0.29, 0.717) is 41.3 Å². The minimum atomic E-state index is -0.406. The van der Waals surface area contributed by atoms with Crippen molar-refractivity contribution in [3.63, 3.8) is 0 Å². The first-order valence-electron chi connectivity index (χ1n) is 17.2. The van der Waals surface area contributed by atoms with E-state index in [1.165, 1.54) is 12.1 Å². The summed E-state index contributed by atoms with van der Waals surface area (Å²) in [6.07, 6.45) is 8.22. The summed E-state index contributed by atoms with van der Waals surface area (Å²) >= 11 is 1.63. The maximum Gasteiger partial charge on any atom is 0.259 e. The molecule has 4 aromatic heterocycles. The minimum Gasteiger partial charge on any atom is -0.381 e. The molecule has 2 amide bonds. The molecule has 6 aromatic rings. The van der Waals surface area contributed by atoms with E-state index in [1.54, 1.807) is 59.0 Å². The van der Waals surface area contributed by atoms with Crippen LogP contribution < -0.4 is 15.1 Å². The van der Waals surface area contributed by atoms with Gasteiger partial charge in [-0.05, 0) is 104 Å². The molecule has 0 unspecified atom stereocenters. The number of fused-ring (bicyclic) bond motifs is 4. The second kappa shape index (κ2) is 12.4. The highest BCUT2D eigenvalue weighted by Crippen LogP contribution is 2.46. The molecule has 7 heterocycles. The van der Waals surface area contributed by atoms with Crippen molar-refractivity contribution in [1.29, 1.82) is 0 Å². The highest BCUT2D eigenvalue weighted by Gasteiger charge is 2.45. The standard InChI is InChI=1S/C40H35FN6O3S/c1-24-17-30(37(44-20-24)46-22-40(23-46)11-15-50-16-12-40)38(48)45-28-7-4-25(5-8-28)39(49)47-14-10-26-18-34(31-21-43-32-3-2-13-42-35(31)32)51-36(26)29-9-6-27(41)19-33(29)47/h2-9,13,17-21,43H,10-12,14-16,22-23H2,1H3,(H,45,48). The number of anilines is 3. The molecule has 9 nitrogen and oxygen atoms in total. The Morgan fingerprint density at radius 3 is 2.65 bits per heavy atom. The van der Waals surface area contributed by atoms with E-state index < -0.39 is 5.82 Å². The largest absolute Gasteiger partial charge is 0.381 e. The molecule has 256 valence electrons. The fourth-order valence-corrected chi connectivity index (χ4v) is 8.93. The van der Waals surface area contributed by atoms with Gasteiger partial charge in [-0.3, -0.25) is 14.6 Å². The van der Waals surface area contributed by atoms with Crippen LogP contribution in [0.25, 0.3) is 31.9 Å². The van der Waals surface area contributed by atoms with Crippen molar-refractivity contribution >= 4 is 51.4 Å². The Labute approximate surface area is 298 Å². The normalized spacial score (nSPS) is 16.4. The predicted molar refractivity (Wildman–Crippen MR) is 198 cm³/mol. The number of halogens is 1. The van der Waals surface area contributed by atoms with E-state index in [4.69, 9.17) is 4.74 Å². The lowest BCUT2D eigenvalue weighted by Gasteiger charge is -2.53. The number of aryl methyl sites for hydroxylation is 1. The van der Waals surface area contributed by atoms with Crippen LogP contribution in [0.3, 0.4) is 0 Å². The predicted octanol–water partition coefficient (Wildman–Crippen LogP) is 7.87. The number of aromatic nitrogens is 3. The van der Waals surface area contributed by atoms with Crippen molar-refractivity contribution in [2.75, 3.05) is 48.0 Å². The minimum absolute atomic E-state index is 0.235. The lowest BCUT2D eigenvalue weighted by atomic mass is 9.73. The molecular formula is C40H35FN6O3S. The van der Waals surface area contributed by atoms with Crippen molar-refractivity contribution in [2.24, 2.45) is 5.41 Å². The molecule has 2 N–H and O–H groups in total. The van der Waals surface area contributed by atoms with Gasteiger partial charge >= 0.3 is 0 Å². The van der Waals surface area contributed by atoms with Gasteiger partial charge in [-0.15, -0.1) is 11.3 Å². The third-order valence-electron chi connectivity index (χ3n) is 10.4. The average Bonchev–Trinajstić information content (AvgIpc) is 3.72. The van der Waals surface area contributed by atoms with Gasteiger partial charge in [-0.2, -0.15) is 0 Å². The lowest BCUT2D eigenvalue weighted by Crippen LogP contribution is -2.59. The third-order valence-corrected chi connectivity index (χ3v) is 11.6. The molecule has 3 aliphatic heterocycles. The second-order valence-corrected chi connectivity index (χ2v) is 14.9. The summed E-state index contributed by atoms with van der Waals surface area (Å²) in [5.74, 6) is -0.204. The monoisotopic (exact) mass is 698 g/mol. The summed E-state index contributed by atoms with van der Waals surface area (Å²) in [6.45, 7) is 5.60. The van der Waals surface area contributed by atoms with Gasteiger partial charge in [0.15, 0.2) is 0 Å². The molecule has 2 fully saturated rings. The number of hydrogen-bond acceptors (Lipinski definition) is 7. The van der Waals surface area contributed by atoms with Gasteiger partial charge in [0.05, 0.1) is 22.3 Å². The van der Waals surface area contributed by atoms with Crippen LogP contribution in [-0.2, 0) is 11.2 Å². The van der Waals surface area contributed by atoms with E-state index >= 15 is 0 Å². The number of H-pyrrole nitrogens is 1. The first-order chi connectivity index (χ1) is 24.8. The van der Waals surface area contributed by atoms with Crippen molar-refractivity contribution in [2.45, 2.75) is 26.2 Å². The number of rotatable bonds is 5. The number of pyridine rings is 2. The van der Waals surface area contributed by atoms with Gasteiger partial charge in [-0.1, -0.05) is 0 Å². The Morgan fingerprint density at radius 1 is 1.00 bits per heavy atom. The molecule has 9 rings (SSSR count). The smallest absolute Gasteiger partial charge is 0.259 e. The zero-order valence-electron chi connectivity index (χ0n) is 28.0. The third kappa shape index (κ3) is 5.66. The summed E-state index contributed by atoms with van der Waals surface area (Å²) in [5, 5.41) is 3.01. The first kappa shape index (κ1) is 31.6. The summed E-state index contributed by atoms with van der Waals surface area (Å²) in [4.78, 5) is 46.1. The Bertz CT molecular complexity index is 2320. The highest BCUT2D eigenvalue weighted by atomic mass is 32.1. The number of amides is 2. The number of nitrogens with one attached hydrogen (secondary N) is 2. The molecule has 1 spiro atoms. The number of nitrogens with zero attached hydrogens (tertiary/aromatic N) is 4. The van der Waals surface area contributed by atoms with Gasteiger partial charge in [0.25, 0.3) is 11.8 Å². The first-order valence-corrected chi connectivity index (χ1v) is 18.0. The van der Waals surface area contributed by atoms with Crippen LogP contribution in [0.5, 0.6) is 0 Å². The lowest BCUT2D eigenvalue weighted by molar-refractivity contribution is -0.000510. The molecule has 0 aliphatic carbocycles. The van der Waals surface area contributed by atoms with E-state index in [0.717, 1.165) is 82.2 Å². The molecule has 51 heavy (non-hydrogen) atoms. The van der Waals surface area contributed by atoms with E-state index in [9.17, 15) is 14.0 Å². The van der Waals surface area contributed by atoms with Crippen molar-refractivity contribution in [1.82, 2.24) is 15.0 Å². The Balaban J connectivity index is 0.945. The van der Waals surface area contributed by atoms with Crippen LogP contribution in [-0.4, -0.2) is 59.6 Å². The summed E-state index contributed by atoms with van der Waals surface area (Å²) in [7, 11) is 0. The average molecular weight is 699 g/mol. The van der Waals surface area contributed by atoms with E-state index in [-0.39, 0.29) is 17.2 Å². The van der Waals surface area contributed by atoms with Gasteiger partial charge in [-0.25, -0.2) is 9.37 Å². The van der Waals surface area contributed by atoms with Gasteiger partial charge in [0.1, 0.15) is 11.6 Å². The van der Waals surface area contributed by atoms with Crippen molar-refractivity contribution in [3.8, 4) is 20.9 Å². The van der Waals surface area contributed by atoms with Crippen LogP contribution >= 0.6 is 11.3 Å². The molecule has 0 bridgehead atoms. The topological polar surface area (TPSA) is 103 Å². The molecule has 11 heteroatoms. The van der Waals surface area contributed by atoms with E-state index in [2.05, 4.69) is 31.2 Å². The van der Waals surface area contributed by atoms with E-state index in [1.807, 2.05) is 31.3 Å². The number of thiophene rings is 1. The van der Waals surface area contributed by atoms with Crippen LogP contribution in [0.15, 0.2) is 85.3 Å². The van der Waals surface area contributed by atoms with Crippen LogP contribution in [0, 0.1) is 18.2 Å². The number of benzene rings is 2. The quantitative estimate of drug-likeness (QED) is 0.190. The van der Waals surface area contributed by atoms with Gasteiger partial charge < -0.3 is 24.8 Å². The number of aromatic amines is 1. The molecular weight excluding hydrogens is 664 g/mol. The summed E-state index contributed by atoms with van der Waals surface area (Å²) < 4.78 is 20.3. The maximum atomic E-state index is 14.8. The maximum absolute atomic E-state index is 14.8.